The molecule has 0 aromatic heterocycles. The highest BCUT2D eigenvalue weighted by Gasteiger charge is 2.36. The topological polar surface area (TPSA) is 24.7 Å². The molecule has 3 rings (SSSR count). The van der Waals surface area contributed by atoms with Gasteiger partial charge in [-0.05, 0) is 24.6 Å². The molecule has 5 heteroatoms. The second-order valence-electron chi connectivity index (χ2n) is 5.17. The molecule has 0 N–H and O–H groups in total. The van der Waals surface area contributed by atoms with Gasteiger partial charge in [-0.15, -0.1) is 5.10 Å². The zero-order valence-electron chi connectivity index (χ0n) is 11.8. The Morgan fingerprint density at radius 1 is 0.864 bits per heavy atom. The van der Waals surface area contributed by atoms with Crippen molar-refractivity contribution >= 4 is 22.5 Å². The minimum atomic E-state index is -0.720. The maximum Gasteiger partial charge on any atom is 0.137 e. The number of nitrogens with zero attached hydrogens (tertiary/aromatic N) is 2. The lowest BCUT2D eigenvalue weighted by molar-refractivity contribution is 0.542. The average Bonchev–Trinajstić information content (AvgIpc) is 2.51. The summed E-state index contributed by atoms with van der Waals surface area (Å²) in [5, 5.41) is 7.98. The van der Waals surface area contributed by atoms with Crippen molar-refractivity contribution in [3.8, 4) is 0 Å². The molecule has 0 saturated carbocycles. The van der Waals surface area contributed by atoms with Crippen molar-refractivity contribution in [2.24, 2.45) is 10.2 Å². The van der Waals surface area contributed by atoms with Gasteiger partial charge in [0.15, 0.2) is 0 Å². The van der Waals surface area contributed by atoms with Crippen LogP contribution in [0, 0.1) is 11.6 Å². The van der Waals surface area contributed by atoms with Gasteiger partial charge in [0.05, 0.1) is 5.92 Å². The van der Waals surface area contributed by atoms with Crippen LogP contribution in [-0.4, -0.2) is 10.9 Å². The van der Waals surface area contributed by atoms with Crippen molar-refractivity contribution in [2.75, 3.05) is 0 Å². The predicted molar refractivity (Wildman–Crippen MR) is 84.7 cm³/mol. The van der Waals surface area contributed by atoms with E-state index in [0.717, 1.165) is 5.56 Å². The van der Waals surface area contributed by atoms with Gasteiger partial charge < -0.3 is 0 Å². The van der Waals surface area contributed by atoms with E-state index in [-0.39, 0.29) is 16.7 Å². The maximum atomic E-state index is 14.2. The first-order chi connectivity index (χ1) is 10.6. The van der Waals surface area contributed by atoms with Crippen molar-refractivity contribution in [1.82, 2.24) is 0 Å². The number of rotatable bonds is 2. The third-order valence-corrected chi connectivity index (χ3v) is 4.12. The molecule has 112 valence electrons. The van der Waals surface area contributed by atoms with E-state index < -0.39 is 17.6 Å². The summed E-state index contributed by atoms with van der Waals surface area (Å²) in [6.07, 6.45) is 0. The fraction of sp³-hybridized carbons (Fsp3) is 0.176. The highest BCUT2D eigenvalue weighted by molar-refractivity contribution is 6.67. The molecule has 0 saturated heterocycles. The standard InChI is InChI=1S/C17H13ClF2N2/c1-10-14(11-6-3-2-4-7-11)16(17(18)22-21-10)15-12(19)8-5-9-13(15)20/h2-9,14,16H,1H3. The van der Waals surface area contributed by atoms with Crippen molar-refractivity contribution < 1.29 is 8.78 Å². The van der Waals surface area contributed by atoms with Crippen molar-refractivity contribution in [3.63, 3.8) is 0 Å². The van der Waals surface area contributed by atoms with Crippen LogP contribution in [0.3, 0.4) is 0 Å². The Hall–Kier alpha value is -2.07. The van der Waals surface area contributed by atoms with Gasteiger partial charge in [-0.1, -0.05) is 48.0 Å². The van der Waals surface area contributed by atoms with Gasteiger partial charge in [0, 0.05) is 17.2 Å². The van der Waals surface area contributed by atoms with Gasteiger partial charge in [0.1, 0.15) is 16.8 Å². The van der Waals surface area contributed by atoms with E-state index in [1.54, 1.807) is 6.92 Å². The minimum Gasteiger partial charge on any atom is -0.207 e. The first-order valence-electron chi connectivity index (χ1n) is 6.86. The number of halogens is 3. The summed E-state index contributed by atoms with van der Waals surface area (Å²) in [5.41, 5.74) is 1.49. The monoisotopic (exact) mass is 318 g/mol. The van der Waals surface area contributed by atoms with Gasteiger partial charge in [0.2, 0.25) is 0 Å². The summed E-state index contributed by atoms with van der Waals surface area (Å²) in [4.78, 5) is 0. The average molecular weight is 319 g/mol. The van der Waals surface area contributed by atoms with Crippen molar-refractivity contribution in [3.05, 3.63) is 71.3 Å². The molecule has 2 atom stereocenters. The van der Waals surface area contributed by atoms with Crippen LogP contribution in [0.1, 0.15) is 29.9 Å². The lowest BCUT2D eigenvalue weighted by Crippen LogP contribution is -2.27. The molecule has 2 unspecified atom stereocenters. The molecular formula is C17H13ClF2N2. The van der Waals surface area contributed by atoms with E-state index in [9.17, 15) is 8.78 Å². The summed E-state index contributed by atoms with van der Waals surface area (Å²) in [5.74, 6) is -2.33. The van der Waals surface area contributed by atoms with E-state index in [2.05, 4.69) is 10.2 Å². The summed E-state index contributed by atoms with van der Waals surface area (Å²) in [7, 11) is 0. The molecule has 0 radical (unpaired) electrons. The Bertz CT molecular complexity index is 736. The molecule has 0 spiro atoms. The molecule has 2 aromatic rings. The summed E-state index contributed by atoms with van der Waals surface area (Å²) in [6, 6.07) is 13.2. The zero-order chi connectivity index (χ0) is 15.7. The zero-order valence-corrected chi connectivity index (χ0v) is 12.6. The highest BCUT2D eigenvalue weighted by atomic mass is 35.5. The van der Waals surface area contributed by atoms with Crippen LogP contribution in [0.2, 0.25) is 0 Å². The lowest BCUT2D eigenvalue weighted by Gasteiger charge is -2.29. The number of hydrogen-bond donors (Lipinski definition) is 0. The molecule has 22 heavy (non-hydrogen) atoms. The van der Waals surface area contributed by atoms with Crippen LogP contribution in [0.5, 0.6) is 0 Å². The highest BCUT2D eigenvalue weighted by Crippen LogP contribution is 2.40. The van der Waals surface area contributed by atoms with Crippen LogP contribution >= 0.6 is 11.6 Å². The van der Waals surface area contributed by atoms with E-state index in [4.69, 9.17) is 11.6 Å². The van der Waals surface area contributed by atoms with Crippen LogP contribution < -0.4 is 0 Å². The second-order valence-corrected chi connectivity index (χ2v) is 5.55. The molecular weight excluding hydrogens is 306 g/mol. The smallest absolute Gasteiger partial charge is 0.137 e. The Kier molecular flexibility index (Phi) is 4.03. The van der Waals surface area contributed by atoms with Crippen LogP contribution in [-0.2, 0) is 0 Å². The Balaban J connectivity index is 2.18. The molecule has 0 aliphatic carbocycles. The fourth-order valence-electron chi connectivity index (χ4n) is 2.82. The summed E-state index contributed by atoms with van der Waals surface area (Å²) in [6.45, 7) is 1.79. The van der Waals surface area contributed by atoms with Gasteiger partial charge in [-0.2, -0.15) is 5.10 Å². The fourth-order valence-corrected chi connectivity index (χ4v) is 3.09. The Labute approximate surface area is 132 Å². The largest absolute Gasteiger partial charge is 0.207 e. The first kappa shape index (κ1) is 14.9. The molecule has 0 bridgehead atoms. The number of benzene rings is 2. The Morgan fingerprint density at radius 2 is 1.50 bits per heavy atom. The molecule has 0 amide bonds. The van der Waals surface area contributed by atoms with Crippen molar-refractivity contribution in [2.45, 2.75) is 18.8 Å². The number of hydrogen-bond acceptors (Lipinski definition) is 2. The van der Waals surface area contributed by atoms with E-state index >= 15 is 0 Å². The van der Waals surface area contributed by atoms with Crippen LogP contribution in [0.25, 0.3) is 0 Å². The van der Waals surface area contributed by atoms with Gasteiger partial charge in [-0.3, -0.25) is 0 Å². The third kappa shape index (κ3) is 2.55. The molecule has 2 aromatic carbocycles. The molecule has 0 fully saturated rings. The molecule has 2 nitrogen and oxygen atoms in total. The van der Waals surface area contributed by atoms with E-state index in [0.29, 0.717) is 5.71 Å². The molecule has 1 aliphatic rings. The van der Waals surface area contributed by atoms with Crippen LogP contribution in [0.15, 0.2) is 58.7 Å². The summed E-state index contributed by atoms with van der Waals surface area (Å²) >= 11 is 6.18. The quantitative estimate of drug-likeness (QED) is 0.755. The van der Waals surface area contributed by atoms with Gasteiger partial charge >= 0.3 is 0 Å². The van der Waals surface area contributed by atoms with Crippen LogP contribution in [0.4, 0.5) is 8.78 Å². The van der Waals surface area contributed by atoms with E-state index in [1.807, 2.05) is 30.3 Å². The molecule has 1 aliphatic heterocycles. The lowest BCUT2D eigenvalue weighted by atomic mass is 9.78. The van der Waals surface area contributed by atoms with E-state index in [1.165, 1.54) is 18.2 Å². The first-order valence-corrected chi connectivity index (χ1v) is 7.23. The summed E-state index contributed by atoms with van der Waals surface area (Å²) < 4.78 is 28.5. The third-order valence-electron chi connectivity index (χ3n) is 3.81. The minimum absolute atomic E-state index is 0.0700. The SMILES string of the molecule is CC1=NN=C(Cl)C(c2c(F)cccc2F)C1c1ccccc1. The second kappa shape index (κ2) is 5.97. The van der Waals surface area contributed by atoms with Crippen molar-refractivity contribution in [1.29, 1.82) is 0 Å². The Morgan fingerprint density at radius 3 is 2.14 bits per heavy atom. The predicted octanol–water partition coefficient (Wildman–Crippen LogP) is 4.86. The molecule has 1 heterocycles. The normalized spacial score (nSPS) is 21.3. The van der Waals surface area contributed by atoms with Gasteiger partial charge in [-0.25, -0.2) is 8.78 Å². The van der Waals surface area contributed by atoms with Gasteiger partial charge in [0.25, 0.3) is 0 Å². The maximum absolute atomic E-state index is 14.2.